The molecule has 2 aromatic heterocycles. The molecule has 94 valence electrons. The summed E-state index contributed by atoms with van der Waals surface area (Å²) in [6, 6.07) is 6.16. The van der Waals surface area contributed by atoms with Gasteiger partial charge in [-0.15, -0.1) is 0 Å². The highest BCUT2D eigenvalue weighted by Gasteiger charge is 2.20. The number of rotatable bonds is 5. The quantitative estimate of drug-likeness (QED) is 0.834. The minimum atomic E-state index is -0.972. The van der Waals surface area contributed by atoms with E-state index in [9.17, 15) is 4.79 Å². The predicted molar refractivity (Wildman–Crippen MR) is 66.9 cm³/mol. The highest BCUT2D eigenvalue weighted by molar-refractivity contribution is 5.93. The lowest BCUT2D eigenvalue weighted by molar-refractivity contribution is 0.0693. The van der Waals surface area contributed by atoms with Gasteiger partial charge in [-0.2, -0.15) is 0 Å². The zero-order valence-electron chi connectivity index (χ0n) is 9.97. The normalized spacial score (nSPS) is 15.1. The third kappa shape index (κ3) is 2.09. The average molecular weight is 245 g/mol. The van der Waals surface area contributed by atoms with E-state index in [1.165, 1.54) is 12.8 Å². The van der Waals surface area contributed by atoms with E-state index < -0.39 is 5.97 Å². The third-order valence-corrected chi connectivity index (χ3v) is 3.18. The van der Waals surface area contributed by atoms with Crippen LogP contribution in [0.3, 0.4) is 0 Å². The van der Waals surface area contributed by atoms with Gasteiger partial charge in [0.05, 0.1) is 5.52 Å². The Balaban J connectivity index is 1.87. The highest BCUT2D eigenvalue weighted by Crippen LogP contribution is 2.18. The fourth-order valence-electron chi connectivity index (χ4n) is 2.11. The number of carboxylic acid groups (broad SMARTS) is 1. The lowest BCUT2D eigenvalue weighted by Gasteiger charge is -2.02. The maximum absolute atomic E-state index is 11.1. The lowest BCUT2D eigenvalue weighted by Crippen LogP contribution is -2.20. The molecule has 0 bridgehead atoms. The van der Waals surface area contributed by atoms with Crippen molar-refractivity contribution in [2.24, 2.45) is 0 Å². The van der Waals surface area contributed by atoms with Gasteiger partial charge in [-0.3, -0.25) is 0 Å². The van der Waals surface area contributed by atoms with Crippen molar-refractivity contribution in [1.82, 2.24) is 14.7 Å². The Hall–Kier alpha value is -1.88. The molecule has 2 heterocycles. The minimum absolute atomic E-state index is 0.136. The number of aromatic nitrogens is 2. The SMILES string of the molecule is O=C(O)c1nc(CCNC2CC2)n2ccccc12. The largest absolute Gasteiger partial charge is 0.476 e. The zero-order chi connectivity index (χ0) is 12.5. The second-order valence-corrected chi connectivity index (χ2v) is 4.62. The maximum Gasteiger partial charge on any atom is 0.356 e. The van der Waals surface area contributed by atoms with Crippen molar-refractivity contribution in [2.75, 3.05) is 6.54 Å². The molecular weight excluding hydrogens is 230 g/mol. The maximum atomic E-state index is 11.1. The Morgan fingerprint density at radius 3 is 3.06 bits per heavy atom. The van der Waals surface area contributed by atoms with Gasteiger partial charge in [-0.05, 0) is 25.0 Å². The Morgan fingerprint density at radius 2 is 2.33 bits per heavy atom. The first-order valence-electron chi connectivity index (χ1n) is 6.18. The number of carboxylic acids is 1. The number of pyridine rings is 1. The molecular formula is C13H15N3O2. The molecule has 2 aromatic rings. The van der Waals surface area contributed by atoms with Crippen LogP contribution in [0, 0.1) is 0 Å². The van der Waals surface area contributed by atoms with Crippen LogP contribution < -0.4 is 5.32 Å². The highest BCUT2D eigenvalue weighted by atomic mass is 16.4. The van der Waals surface area contributed by atoms with Crippen molar-refractivity contribution >= 4 is 11.5 Å². The summed E-state index contributed by atoms with van der Waals surface area (Å²) in [4.78, 5) is 15.4. The van der Waals surface area contributed by atoms with E-state index in [2.05, 4.69) is 10.3 Å². The Morgan fingerprint density at radius 1 is 1.50 bits per heavy atom. The van der Waals surface area contributed by atoms with E-state index in [0.717, 1.165) is 18.8 Å². The van der Waals surface area contributed by atoms with Crippen molar-refractivity contribution in [2.45, 2.75) is 25.3 Å². The molecule has 0 spiro atoms. The minimum Gasteiger partial charge on any atom is -0.476 e. The molecule has 18 heavy (non-hydrogen) atoms. The van der Waals surface area contributed by atoms with Crippen LogP contribution in [-0.2, 0) is 6.42 Å². The van der Waals surface area contributed by atoms with Gasteiger partial charge >= 0.3 is 5.97 Å². The summed E-state index contributed by atoms with van der Waals surface area (Å²) >= 11 is 0. The molecule has 1 fully saturated rings. The molecule has 0 saturated heterocycles. The Bertz CT molecular complexity index is 587. The van der Waals surface area contributed by atoms with Crippen LogP contribution in [0.1, 0.15) is 29.2 Å². The van der Waals surface area contributed by atoms with Gasteiger partial charge < -0.3 is 14.8 Å². The number of nitrogens with zero attached hydrogens (tertiary/aromatic N) is 2. The number of fused-ring (bicyclic) bond motifs is 1. The van der Waals surface area contributed by atoms with Gasteiger partial charge in [0, 0.05) is 25.2 Å². The molecule has 2 N–H and O–H groups in total. The summed E-state index contributed by atoms with van der Waals surface area (Å²) in [5, 5.41) is 12.5. The fraction of sp³-hybridized carbons (Fsp3) is 0.385. The molecule has 5 nitrogen and oxygen atoms in total. The monoisotopic (exact) mass is 245 g/mol. The van der Waals surface area contributed by atoms with E-state index in [1.54, 1.807) is 6.07 Å². The Kier molecular flexibility index (Phi) is 2.76. The van der Waals surface area contributed by atoms with Crippen LogP contribution >= 0.6 is 0 Å². The van der Waals surface area contributed by atoms with Gasteiger partial charge in [-0.25, -0.2) is 9.78 Å². The summed E-state index contributed by atoms with van der Waals surface area (Å²) in [5.74, 6) is -0.170. The van der Waals surface area contributed by atoms with E-state index in [4.69, 9.17) is 5.11 Å². The van der Waals surface area contributed by atoms with Crippen LogP contribution in [-0.4, -0.2) is 33.0 Å². The summed E-state index contributed by atoms with van der Waals surface area (Å²) in [6.07, 6.45) is 5.11. The first kappa shape index (κ1) is 11.2. The number of hydrogen-bond donors (Lipinski definition) is 2. The van der Waals surface area contributed by atoms with E-state index in [0.29, 0.717) is 11.6 Å². The van der Waals surface area contributed by atoms with Crippen molar-refractivity contribution in [3.63, 3.8) is 0 Å². The van der Waals surface area contributed by atoms with Gasteiger partial charge in [0.25, 0.3) is 0 Å². The van der Waals surface area contributed by atoms with Crippen molar-refractivity contribution in [3.8, 4) is 0 Å². The van der Waals surface area contributed by atoms with Crippen molar-refractivity contribution in [3.05, 3.63) is 35.9 Å². The van der Waals surface area contributed by atoms with Gasteiger partial charge in [0.2, 0.25) is 0 Å². The number of imidazole rings is 1. The van der Waals surface area contributed by atoms with Crippen LogP contribution in [0.5, 0.6) is 0 Å². The summed E-state index contributed by atoms with van der Waals surface area (Å²) in [7, 11) is 0. The number of carbonyl (C=O) groups is 1. The van der Waals surface area contributed by atoms with Gasteiger partial charge in [0.1, 0.15) is 5.82 Å². The fourth-order valence-corrected chi connectivity index (χ4v) is 2.11. The van der Waals surface area contributed by atoms with E-state index in [-0.39, 0.29) is 5.69 Å². The van der Waals surface area contributed by atoms with Crippen molar-refractivity contribution < 1.29 is 9.90 Å². The smallest absolute Gasteiger partial charge is 0.356 e. The van der Waals surface area contributed by atoms with Gasteiger partial charge in [0.15, 0.2) is 5.69 Å². The molecule has 0 unspecified atom stereocenters. The summed E-state index contributed by atoms with van der Waals surface area (Å²) in [5.41, 5.74) is 0.795. The second kappa shape index (κ2) is 4.42. The molecule has 5 heteroatoms. The van der Waals surface area contributed by atoms with Crippen LogP contribution in [0.2, 0.25) is 0 Å². The topological polar surface area (TPSA) is 66.6 Å². The lowest BCUT2D eigenvalue weighted by atomic mass is 10.3. The van der Waals surface area contributed by atoms with Gasteiger partial charge in [-0.1, -0.05) is 6.07 Å². The van der Waals surface area contributed by atoms with E-state index in [1.807, 2.05) is 22.7 Å². The molecule has 0 radical (unpaired) electrons. The number of nitrogens with one attached hydrogen (secondary N) is 1. The molecule has 1 saturated carbocycles. The third-order valence-electron chi connectivity index (χ3n) is 3.18. The van der Waals surface area contributed by atoms with Crippen molar-refractivity contribution in [1.29, 1.82) is 0 Å². The predicted octanol–water partition coefficient (Wildman–Crippen LogP) is 1.33. The van der Waals surface area contributed by atoms with E-state index >= 15 is 0 Å². The summed E-state index contributed by atoms with van der Waals surface area (Å²) < 4.78 is 1.86. The second-order valence-electron chi connectivity index (χ2n) is 4.62. The summed E-state index contributed by atoms with van der Waals surface area (Å²) in [6.45, 7) is 0.845. The number of hydrogen-bond acceptors (Lipinski definition) is 3. The molecule has 0 atom stereocenters. The first-order valence-corrected chi connectivity index (χ1v) is 6.18. The molecule has 0 aliphatic heterocycles. The standard InChI is InChI=1S/C13H15N3O2/c17-13(18)12-10-3-1-2-8-16(10)11(15-12)6-7-14-9-4-5-9/h1-3,8-9,14H,4-7H2,(H,17,18). The molecule has 0 amide bonds. The molecule has 3 rings (SSSR count). The number of aromatic carboxylic acids is 1. The average Bonchev–Trinajstić information content (AvgIpc) is 3.10. The van der Waals surface area contributed by atoms with Crippen LogP contribution in [0.4, 0.5) is 0 Å². The molecule has 0 aromatic carbocycles. The molecule has 1 aliphatic rings. The Labute approximate surface area is 104 Å². The molecule has 1 aliphatic carbocycles. The van der Waals surface area contributed by atoms with Crippen LogP contribution in [0.15, 0.2) is 24.4 Å². The zero-order valence-corrected chi connectivity index (χ0v) is 9.97. The first-order chi connectivity index (χ1) is 8.75. The van der Waals surface area contributed by atoms with Crippen LogP contribution in [0.25, 0.3) is 5.52 Å².